The molecule has 0 radical (unpaired) electrons. The third-order valence-corrected chi connectivity index (χ3v) is 4.38. The van der Waals surface area contributed by atoms with Crippen molar-refractivity contribution in [2.75, 3.05) is 13.2 Å². The molecule has 126 valence electrons. The number of aromatic nitrogens is 1. The summed E-state index contributed by atoms with van der Waals surface area (Å²) in [5, 5.41) is 3.85. The summed E-state index contributed by atoms with van der Waals surface area (Å²) in [6.07, 6.45) is 2.33. The van der Waals surface area contributed by atoms with Gasteiger partial charge in [0.05, 0.1) is 17.6 Å². The molecule has 1 saturated carbocycles. The number of rotatable bonds is 6. The molecule has 4 heteroatoms. The lowest BCUT2D eigenvalue weighted by Crippen LogP contribution is -2.28. The maximum Gasteiger partial charge on any atom is 0.252 e. The van der Waals surface area contributed by atoms with Gasteiger partial charge in [0.15, 0.2) is 0 Å². The van der Waals surface area contributed by atoms with Gasteiger partial charge in [0.1, 0.15) is 12.4 Å². The number of carbonyl (C=O) groups excluding carboxylic acids is 1. The van der Waals surface area contributed by atoms with Gasteiger partial charge in [-0.25, -0.2) is 0 Å². The van der Waals surface area contributed by atoms with E-state index >= 15 is 0 Å². The lowest BCUT2D eigenvalue weighted by Gasteiger charge is -2.11. The standard InChI is InChI=1S/C21H20N2O2/c24-21(22-12-13-25-16-6-2-1-3-7-16)18-14-20(15-10-11-15)23-19-9-5-4-8-17(18)19/h1-9,14-15H,10-13H2,(H,22,24). The molecular weight excluding hydrogens is 312 g/mol. The van der Waals surface area contributed by atoms with Crippen LogP contribution in [0.25, 0.3) is 10.9 Å². The number of fused-ring (bicyclic) bond motifs is 1. The van der Waals surface area contributed by atoms with Gasteiger partial charge in [-0.05, 0) is 37.1 Å². The van der Waals surface area contributed by atoms with Crippen LogP contribution in [0, 0.1) is 0 Å². The molecule has 25 heavy (non-hydrogen) atoms. The van der Waals surface area contributed by atoms with Crippen LogP contribution in [0.1, 0.15) is 34.8 Å². The topological polar surface area (TPSA) is 51.2 Å². The second-order valence-corrected chi connectivity index (χ2v) is 6.30. The SMILES string of the molecule is O=C(NCCOc1ccccc1)c1cc(C2CC2)nc2ccccc12. The molecule has 1 heterocycles. The zero-order valence-corrected chi connectivity index (χ0v) is 13.9. The highest BCUT2D eigenvalue weighted by atomic mass is 16.5. The van der Waals surface area contributed by atoms with Gasteiger partial charge in [-0.2, -0.15) is 0 Å². The maximum absolute atomic E-state index is 12.7. The van der Waals surface area contributed by atoms with E-state index in [-0.39, 0.29) is 5.91 Å². The summed E-state index contributed by atoms with van der Waals surface area (Å²) >= 11 is 0. The molecule has 0 saturated heterocycles. The first-order chi connectivity index (χ1) is 12.3. The summed E-state index contributed by atoms with van der Waals surface area (Å²) in [4.78, 5) is 17.4. The highest BCUT2D eigenvalue weighted by Gasteiger charge is 2.26. The highest BCUT2D eigenvalue weighted by molar-refractivity contribution is 6.06. The van der Waals surface area contributed by atoms with Gasteiger partial charge >= 0.3 is 0 Å². The molecule has 1 fully saturated rings. The van der Waals surface area contributed by atoms with Gasteiger partial charge in [0.2, 0.25) is 0 Å². The smallest absolute Gasteiger partial charge is 0.252 e. The number of nitrogens with one attached hydrogen (secondary N) is 1. The van der Waals surface area contributed by atoms with Crippen LogP contribution >= 0.6 is 0 Å². The fraction of sp³-hybridized carbons (Fsp3) is 0.238. The molecule has 1 amide bonds. The Morgan fingerprint density at radius 1 is 1.08 bits per heavy atom. The van der Waals surface area contributed by atoms with Crippen molar-refractivity contribution in [1.29, 1.82) is 0 Å². The first-order valence-corrected chi connectivity index (χ1v) is 8.67. The van der Waals surface area contributed by atoms with E-state index in [0.29, 0.717) is 24.6 Å². The van der Waals surface area contributed by atoms with Gasteiger partial charge in [-0.1, -0.05) is 36.4 Å². The van der Waals surface area contributed by atoms with Crippen LogP contribution in [0.2, 0.25) is 0 Å². The number of carbonyl (C=O) groups is 1. The molecule has 1 aliphatic carbocycles. The Kier molecular flexibility index (Phi) is 4.34. The first-order valence-electron chi connectivity index (χ1n) is 8.67. The summed E-state index contributed by atoms with van der Waals surface area (Å²) in [7, 11) is 0. The third-order valence-electron chi connectivity index (χ3n) is 4.38. The van der Waals surface area contributed by atoms with Crippen molar-refractivity contribution in [3.63, 3.8) is 0 Å². The lowest BCUT2D eigenvalue weighted by molar-refractivity contribution is 0.0948. The number of amides is 1. The minimum atomic E-state index is -0.0721. The molecule has 1 N–H and O–H groups in total. The summed E-state index contributed by atoms with van der Waals surface area (Å²) in [5.74, 6) is 1.25. The van der Waals surface area contributed by atoms with Crippen LogP contribution in [0.3, 0.4) is 0 Å². The second kappa shape index (κ2) is 6.93. The molecule has 3 aromatic rings. The number of ether oxygens (including phenoxy) is 1. The highest BCUT2D eigenvalue weighted by Crippen LogP contribution is 2.40. The fourth-order valence-corrected chi connectivity index (χ4v) is 2.92. The molecular formula is C21H20N2O2. The lowest BCUT2D eigenvalue weighted by atomic mass is 10.1. The summed E-state index contributed by atoms with van der Waals surface area (Å²) in [6, 6.07) is 19.4. The largest absolute Gasteiger partial charge is 0.492 e. The Morgan fingerprint density at radius 2 is 1.84 bits per heavy atom. The number of nitrogens with zero attached hydrogens (tertiary/aromatic N) is 1. The number of hydrogen-bond donors (Lipinski definition) is 1. The molecule has 0 atom stereocenters. The molecule has 0 unspecified atom stereocenters. The maximum atomic E-state index is 12.7. The van der Waals surface area contributed by atoms with Gasteiger partial charge in [-0.15, -0.1) is 0 Å². The zero-order chi connectivity index (χ0) is 17.1. The van der Waals surface area contributed by atoms with Crippen LogP contribution < -0.4 is 10.1 Å². The predicted octanol–water partition coefficient (Wildman–Crippen LogP) is 3.92. The molecule has 4 nitrogen and oxygen atoms in total. The number of hydrogen-bond acceptors (Lipinski definition) is 3. The van der Waals surface area contributed by atoms with Crippen molar-refractivity contribution in [1.82, 2.24) is 10.3 Å². The average molecular weight is 332 g/mol. The Morgan fingerprint density at radius 3 is 2.64 bits per heavy atom. The zero-order valence-electron chi connectivity index (χ0n) is 13.9. The van der Waals surface area contributed by atoms with Crippen molar-refractivity contribution in [2.24, 2.45) is 0 Å². The second-order valence-electron chi connectivity index (χ2n) is 6.30. The van der Waals surface area contributed by atoms with Crippen LogP contribution in [0.4, 0.5) is 0 Å². The summed E-state index contributed by atoms with van der Waals surface area (Å²) in [5.41, 5.74) is 2.62. The summed E-state index contributed by atoms with van der Waals surface area (Å²) in [6.45, 7) is 0.900. The quantitative estimate of drug-likeness (QED) is 0.696. The molecule has 1 aliphatic rings. The van der Waals surface area contributed by atoms with E-state index in [4.69, 9.17) is 9.72 Å². The molecule has 0 spiro atoms. The molecule has 0 aliphatic heterocycles. The van der Waals surface area contributed by atoms with E-state index in [0.717, 1.165) is 35.2 Å². The van der Waals surface area contributed by atoms with Gasteiger partial charge in [0, 0.05) is 17.0 Å². The first kappa shape index (κ1) is 15.6. The average Bonchev–Trinajstić information content (AvgIpc) is 3.50. The van der Waals surface area contributed by atoms with Crippen LogP contribution in [-0.4, -0.2) is 24.0 Å². The van der Waals surface area contributed by atoms with Crippen LogP contribution in [0.15, 0.2) is 60.7 Å². The molecule has 2 aromatic carbocycles. The number of benzene rings is 2. The van der Waals surface area contributed by atoms with Gasteiger partial charge < -0.3 is 10.1 Å². The Hall–Kier alpha value is -2.88. The minimum Gasteiger partial charge on any atom is -0.492 e. The van der Waals surface area contributed by atoms with E-state index in [2.05, 4.69) is 5.32 Å². The van der Waals surface area contributed by atoms with Crippen molar-refractivity contribution in [2.45, 2.75) is 18.8 Å². The Balaban J connectivity index is 1.46. The van der Waals surface area contributed by atoms with E-state index < -0.39 is 0 Å². The van der Waals surface area contributed by atoms with Crippen molar-refractivity contribution in [3.05, 3.63) is 71.9 Å². The minimum absolute atomic E-state index is 0.0721. The van der Waals surface area contributed by atoms with Crippen LogP contribution in [0.5, 0.6) is 5.75 Å². The van der Waals surface area contributed by atoms with E-state index in [1.807, 2.05) is 60.7 Å². The van der Waals surface area contributed by atoms with E-state index in [9.17, 15) is 4.79 Å². The number of para-hydroxylation sites is 2. The normalized spacial score (nSPS) is 13.6. The molecule has 0 bridgehead atoms. The summed E-state index contributed by atoms with van der Waals surface area (Å²) < 4.78 is 5.62. The van der Waals surface area contributed by atoms with Crippen molar-refractivity contribution < 1.29 is 9.53 Å². The molecule has 4 rings (SSSR count). The van der Waals surface area contributed by atoms with E-state index in [1.54, 1.807) is 0 Å². The Bertz CT molecular complexity index is 889. The van der Waals surface area contributed by atoms with Gasteiger partial charge in [0.25, 0.3) is 5.91 Å². The van der Waals surface area contributed by atoms with Crippen LogP contribution in [-0.2, 0) is 0 Å². The monoisotopic (exact) mass is 332 g/mol. The third kappa shape index (κ3) is 3.63. The van der Waals surface area contributed by atoms with Crippen molar-refractivity contribution >= 4 is 16.8 Å². The molecule has 1 aromatic heterocycles. The van der Waals surface area contributed by atoms with Crippen molar-refractivity contribution in [3.8, 4) is 5.75 Å². The predicted molar refractivity (Wildman–Crippen MR) is 98.0 cm³/mol. The van der Waals surface area contributed by atoms with E-state index in [1.165, 1.54) is 0 Å². The fourth-order valence-electron chi connectivity index (χ4n) is 2.92. The van der Waals surface area contributed by atoms with Gasteiger partial charge in [-0.3, -0.25) is 9.78 Å². The Labute approximate surface area is 146 Å². The number of pyridine rings is 1.